The highest BCUT2D eigenvalue weighted by Gasteiger charge is 2.16. The van der Waals surface area contributed by atoms with Crippen molar-refractivity contribution in [1.82, 2.24) is 10.6 Å². The third kappa shape index (κ3) is 5.04. The molecule has 1 fully saturated rings. The number of hydrogen-bond donors (Lipinski definition) is 2. The highest BCUT2D eigenvalue weighted by atomic mass is 16.5. The summed E-state index contributed by atoms with van der Waals surface area (Å²) in [5.74, 6) is 0.328. The first-order valence-corrected chi connectivity index (χ1v) is 7.49. The van der Waals surface area contributed by atoms with E-state index in [0.717, 1.165) is 19.4 Å². The molecule has 0 radical (unpaired) electrons. The van der Waals surface area contributed by atoms with Crippen LogP contribution in [0.15, 0.2) is 24.3 Å². The van der Waals surface area contributed by atoms with E-state index in [1.807, 2.05) is 0 Å². The van der Waals surface area contributed by atoms with Gasteiger partial charge in [0.05, 0.1) is 13.2 Å². The second kappa shape index (κ2) is 8.38. The van der Waals surface area contributed by atoms with Crippen LogP contribution in [0.25, 0.3) is 0 Å². The molecule has 2 N–H and O–H groups in total. The molecule has 0 saturated carbocycles. The Hall–Kier alpha value is -2.08. The minimum absolute atomic E-state index is 0.0820. The fraction of sp³-hybridized carbons (Fsp3) is 0.500. The minimum Gasteiger partial charge on any atom is -0.497 e. The Labute approximate surface area is 130 Å². The van der Waals surface area contributed by atoms with E-state index in [-0.39, 0.29) is 24.3 Å². The molecule has 0 unspecified atom stereocenters. The highest BCUT2D eigenvalue weighted by Crippen LogP contribution is 2.12. The van der Waals surface area contributed by atoms with Gasteiger partial charge >= 0.3 is 0 Å². The Bertz CT molecular complexity index is 513. The van der Waals surface area contributed by atoms with Crippen molar-refractivity contribution in [2.45, 2.75) is 25.4 Å². The average Bonchev–Trinajstić information content (AvgIpc) is 3.06. The summed E-state index contributed by atoms with van der Waals surface area (Å²) in [6, 6.07) is 6.89. The van der Waals surface area contributed by atoms with E-state index in [9.17, 15) is 9.59 Å². The molecule has 1 aromatic rings. The molecule has 1 saturated heterocycles. The number of carbonyl (C=O) groups excluding carboxylic acids is 2. The van der Waals surface area contributed by atoms with Gasteiger partial charge in [0.25, 0.3) is 5.91 Å². The van der Waals surface area contributed by atoms with E-state index in [1.54, 1.807) is 31.4 Å². The largest absolute Gasteiger partial charge is 0.497 e. The molecule has 120 valence electrons. The standard InChI is InChI=1S/C16H22N2O4/c1-21-13-5-2-4-12(10-13)16(20)17-8-7-15(19)18-11-14-6-3-9-22-14/h2,4-5,10,14H,3,6-9,11H2,1H3,(H,17,20)(H,18,19)/t14-/m0/s1. The van der Waals surface area contributed by atoms with Crippen LogP contribution in [0.5, 0.6) is 5.75 Å². The minimum atomic E-state index is -0.217. The van der Waals surface area contributed by atoms with Gasteiger partial charge < -0.3 is 20.1 Å². The fourth-order valence-corrected chi connectivity index (χ4v) is 2.28. The van der Waals surface area contributed by atoms with Crippen LogP contribution in [0.3, 0.4) is 0 Å². The lowest BCUT2D eigenvalue weighted by molar-refractivity contribution is -0.121. The van der Waals surface area contributed by atoms with Crippen molar-refractivity contribution < 1.29 is 19.1 Å². The Morgan fingerprint density at radius 3 is 2.95 bits per heavy atom. The Balaban J connectivity index is 1.66. The summed E-state index contributed by atoms with van der Waals surface area (Å²) in [5.41, 5.74) is 0.513. The molecule has 0 bridgehead atoms. The van der Waals surface area contributed by atoms with Gasteiger partial charge in [0.2, 0.25) is 5.91 Å². The van der Waals surface area contributed by atoms with Crippen molar-refractivity contribution in [1.29, 1.82) is 0 Å². The maximum atomic E-state index is 11.9. The SMILES string of the molecule is COc1cccc(C(=O)NCCC(=O)NC[C@@H]2CCCO2)c1. The Morgan fingerprint density at radius 1 is 1.36 bits per heavy atom. The van der Waals surface area contributed by atoms with E-state index in [4.69, 9.17) is 9.47 Å². The molecule has 1 heterocycles. The van der Waals surface area contributed by atoms with Gasteiger partial charge in [0.15, 0.2) is 0 Å². The number of ether oxygens (including phenoxy) is 2. The van der Waals surface area contributed by atoms with Crippen LogP contribution in [0.2, 0.25) is 0 Å². The number of methoxy groups -OCH3 is 1. The van der Waals surface area contributed by atoms with Crippen molar-refractivity contribution in [3.05, 3.63) is 29.8 Å². The molecule has 0 aliphatic carbocycles. The summed E-state index contributed by atoms with van der Waals surface area (Å²) in [6.45, 7) is 1.62. The number of hydrogen-bond acceptors (Lipinski definition) is 4. The van der Waals surface area contributed by atoms with Gasteiger partial charge in [0, 0.05) is 31.7 Å². The first-order chi connectivity index (χ1) is 10.7. The first-order valence-electron chi connectivity index (χ1n) is 7.49. The van der Waals surface area contributed by atoms with Crippen molar-refractivity contribution in [2.75, 3.05) is 26.8 Å². The van der Waals surface area contributed by atoms with E-state index in [0.29, 0.717) is 24.4 Å². The molecule has 6 nitrogen and oxygen atoms in total. The molecule has 1 aliphatic heterocycles. The van der Waals surface area contributed by atoms with Gasteiger partial charge in [-0.2, -0.15) is 0 Å². The molecule has 2 rings (SSSR count). The van der Waals surface area contributed by atoms with Crippen LogP contribution in [0.1, 0.15) is 29.6 Å². The van der Waals surface area contributed by atoms with E-state index in [1.165, 1.54) is 0 Å². The summed E-state index contributed by atoms with van der Waals surface area (Å²) in [4.78, 5) is 23.6. The van der Waals surface area contributed by atoms with E-state index >= 15 is 0 Å². The van der Waals surface area contributed by atoms with Crippen molar-refractivity contribution >= 4 is 11.8 Å². The number of benzene rings is 1. The van der Waals surface area contributed by atoms with Gasteiger partial charge in [-0.1, -0.05) is 6.07 Å². The zero-order valence-corrected chi connectivity index (χ0v) is 12.8. The smallest absolute Gasteiger partial charge is 0.251 e. The molecule has 0 spiro atoms. The monoisotopic (exact) mass is 306 g/mol. The molecule has 6 heteroatoms. The molecule has 1 aliphatic rings. The molecule has 1 aromatic carbocycles. The quantitative estimate of drug-likeness (QED) is 0.791. The maximum Gasteiger partial charge on any atom is 0.251 e. The van der Waals surface area contributed by atoms with Crippen molar-refractivity contribution in [3.63, 3.8) is 0 Å². The van der Waals surface area contributed by atoms with E-state index in [2.05, 4.69) is 10.6 Å². The van der Waals surface area contributed by atoms with Gasteiger partial charge in [0.1, 0.15) is 5.75 Å². The average molecular weight is 306 g/mol. The molecular weight excluding hydrogens is 284 g/mol. The topological polar surface area (TPSA) is 76.7 Å². The van der Waals surface area contributed by atoms with E-state index < -0.39 is 0 Å². The number of nitrogens with one attached hydrogen (secondary N) is 2. The molecule has 2 amide bonds. The number of rotatable bonds is 7. The van der Waals surface area contributed by atoms with Gasteiger partial charge in [-0.05, 0) is 31.0 Å². The summed E-state index contributed by atoms with van der Waals surface area (Å²) in [5, 5.41) is 5.54. The normalized spacial score (nSPS) is 17.0. The van der Waals surface area contributed by atoms with Crippen LogP contribution in [-0.2, 0) is 9.53 Å². The van der Waals surface area contributed by atoms with Crippen LogP contribution in [0.4, 0.5) is 0 Å². The lowest BCUT2D eigenvalue weighted by Gasteiger charge is -2.11. The lowest BCUT2D eigenvalue weighted by Crippen LogP contribution is -2.34. The van der Waals surface area contributed by atoms with Gasteiger partial charge in [-0.15, -0.1) is 0 Å². The predicted octanol–water partition coefficient (Wildman–Crippen LogP) is 1.11. The van der Waals surface area contributed by atoms with Crippen LogP contribution >= 0.6 is 0 Å². The summed E-state index contributed by atoms with van der Waals surface area (Å²) in [7, 11) is 1.55. The molecule has 0 aromatic heterocycles. The highest BCUT2D eigenvalue weighted by molar-refractivity contribution is 5.94. The summed E-state index contributed by atoms with van der Waals surface area (Å²) < 4.78 is 10.5. The third-order valence-corrected chi connectivity index (χ3v) is 3.52. The second-order valence-electron chi connectivity index (χ2n) is 5.18. The number of carbonyl (C=O) groups is 2. The van der Waals surface area contributed by atoms with Crippen LogP contribution < -0.4 is 15.4 Å². The molecule has 1 atom stereocenters. The van der Waals surface area contributed by atoms with Gasteiger partial charge in [-0.3, -0.25) is 9.59 Å². The zero-order valence-electron chi connectivity index (χ0n) is 12.8. The van der Waals surface area contributed by atoms with Gasteiger partial charge in [-0.25, -0.2) is 0 Å². The lowest BCUT2D eigenvalue weighted by atomic mass is 10.2. The summed E-state index contributed by atoms with van der Waals surface area (Å²) in [6.07, 6.45) is 2.43. The first kappa shape index (κ1) is 16.3. The van der Waals surface area contributed by atoms with Crippen LogP contribution in [-0.4, -0.2) is 44.7 Å². The number of amides is 2. The molecule has 22 heavy (non-hydrogen) atoms. The maximum absolute atomic E-state index is 11.9. The zero-order chi connectivity index (χ0) is 15.8. The fourth-order valence-electron chi connectivity index (χ4n) is 2.28. The Kier molecular flexibility index (Phi) is 6.21. The van der Waals surface area contributed by atoms with Crippen molar-refractivity contribution in [3.8, 4) is 5.75 Å². The Morgan fingerprint density at radius 2 is 2.23 bits per heavy atom. The second-order valence-corrected chi connectivity index (χ2v) is 5.18. The van der Waals surface area contributed by atoms with Crippen molar-refractivity contribution in [2.24, 2.45) is 0 Å². The summed E-state index contributed by atoms with van der Waals surface area (Å²) >= 11 is 0. The predicted molar refractivity (Wildman–Crippen MR) is 81.9 cm³/mol. The molecular formula is C16H22N2O4. The third-order valence-electron chi connectivity index (χ3n) is 3.52. The van der Waals surface area contributed by atoms with Crippen LogP contribution in [0, 0.1) is 0 Å².